The molecule has 3 N–H and O–H groups in total. The summed E-state index contributed by atoms with van der Waals surface area (Å²) in [5.41, 5.74) is 5.70. The van der Waals surface area contributed by atoms with Gasteiger partial charge in [0.05, 0.1) is 5.75 Å². The first-order valence-corrected chi connectivity index (χ1v) is 6.98. The molecule has 0 spiro atoms. The fourth-order valence-corrected chi connectivity index (χ4v) is 2.64. The average molecular weight is 262 g/mol. The zero-order valence-electron chi connectivity index (χ0n) is 9.08. The molecule has 1 rings (SSSR count). The fraction of sp³-hybridized carbons (Fsp3) is 0.625. The zero-order chi connectivity index (χ0) is 12.1. The average Bonchev–Trinajstić information content (AvgIpc) is 2.57. The normalized spacial score (nSPS) is 12.6. The van der Waals surface area contributed by atoms with Gasteiger partial charge in [-0.05, 0) is 13.2 Å². The molecule has 8 heteroatoms. The smallest absolute Gasteiger partial charge is 0.313 e. The van der Waals surface area contributed by atoms with E-state index in [2.05, 4.69) is 10.2 Å². The summed E-state index contributed by atoms with van der Waals surface area (Å²) in [6.07, 6.45) is 2.00. The number of carboxylic acid groups (broad SMARTS) is 1. The second kappa shape index (κ2) is 6.00. The summed E-state index contributed by atoms with van der Waals surface area (Å²) >= 11 is 2.82. The summed E-state index contributed by atoms with van der Waals surface area (Å²) in [4.78, 5) is 10.5. The van der Waals surface area contributed by atoms with Gasteiger partial charge in [-0.2, -0.15) is 11.8 Å². The van der Waals surface area contributed by atoms with Crippen LogP contribution >= 0.6 is 23.5 Å². The lowest BCUT2D eigenvalue weighted by Gasteiger charge is -2.14. The van der Waals surface area contributed by atoms with Crippen molar-refractivity contribution in [2.24, 2.45) is 0 Å². The van der Waals surface area contributed by atoms with Crippen molar-refractivity contribution in [1.29, 1.82) is 0 Å². The van der Waals surface area contributed by atoms with Crippen LogP contribution in [-0.2, 0) is 4.79 Å². The summed E-state index contributed by atoms with van der Waals surface area (Å²) in [6.45, 7) is 2.00. The van der Waals surface area contributed by atoms with Crippen molar-refractivity contribution in [2.75, 3.05) is 23.5 Å². The molecule has 0 saturated carbocycles. The number of nitrogens with zero attached hydrogens (tertiary/aromatic N) is 3. The monoisotopic (exact) mass is 262 g/mol. The number of hydrogen-bond donors (Lipinski definition) is 2. The Hall–Kier alpha value is -0.890. The number of carbonyl (C=O) groups is 1. The Bertz CT molecular complexity index is 369. The number of rotatable bonds is 6. The minimum absolute atomic E-state index is 0.0376. The molecular weight excluding hydrogens is 248 g/mol. The molecule has 0 aliphatic carbocycles. The van der Waals surface area contributed by atoms with Gasteiger partial charge in [0.1, 0.15) is 0 Å². The van der Waals surface area contributed by atoms with Crippen LogP contribution in [0.25, 0.3) is 0 Å². The molecule has 1 atom stereocenters. The van der Waals surface area contributed by atoms with E-state index >= 15 is 0 Å². The van der Waals surface area contributed by atoms with Crippen LogP contribution < -0.4 is 5.73 Å². The zero-order valence-corrected chi connectivity index (χ0v) is 10.7. The maximum atomic E-state index is 10.5. The third-order valence-electron chi connectivity index (χ3n) is 1.86. The molecule has 1 aromatic heterocycles. The van der Waals surface area contributed by atoms with E-state index in [9.17, 15) is 4.79 Å². The molecule has 0 bridgehead atoms. The Kier molecular flexibility index (Phi) is 4.94. The second-order valence-electron chi connectivity index (χ2n) is 3.20. The summed E-state index contributed by atoms with van der Waals surface area (Å²) in [6, 6.07) is 0.154. The molecule has 0 fully saturated rings. The molecule has 1 heterocycles. The Labute approximate surface area is 102 Å². The SMILES string of the molecule is CSCC(C)n1c(N)nnc1SCC(=O)O. The van der Waals surface area contributed by atoms with E-state index in [1.165, 1.54) is 0 Å². The number of aromatic nitrogens is 3. The van der Waals surface area contributed by atoms with Crippen molar-refractivity contribution >= 4 is 35.4 Å². The predicted octanol–water partition coefficient (Wildman–Crippen LogP) is 0.961. The fourth-order valence-electron chi connectivity index (χ4n) is 1.24. The second-order valence-corrected chi connectivity index (χ2v) is 5.05. The van der Waals surface area contributed by atoms with Gasteiger partial charge in [-0.25, -0.2) is 0 Å². The highest BCUT2D eigenvalue weighted by molar-refractivity contribution is 7.99. The molecule has 0 aromatic carbocycles. The van der Waals surface area contributed by atoms with E-state index < -0.39 is 5.97 Å². The first kappa shape index (κ1) is 13.2. The van der Waals surface area contributed by atoms with Crippen LogP contribution in [0.15, 0.2) is 5.16 Å². The van der Waals surface area contributed by atoms with Crippen LogP contribution in [0.4, 0.5) is 5.95 Å². The molecular formula is C8H14N4O2S2. The molecule has 0 amide bonds. The summed E-state index contributed by atoms with van der Waals surface area (Å²) in [7, 11) is 0. The van der Waals surface area contributed by atoms with Gasteiger partial charge in [0.15, 0.2) is 5.16 Å². The molecule has 0 saturated heterocycles. The van der Waals surface area contributed by atoms with Gasteiger partial charge in [-0.3, -0.25) is 9.36 Å². The Morgan fingerprint density at radius 3 is 2.88 bits per heavy atom. The standard InChI is InChI=1S/C8H14N4O2S2/c1-5(3-15-2)12-7(9)10-11-8(12)16-4-6(13)14/h5H,3-4H2,1-2H3,(H2,9,10)(H,13,14). The number of aliphatic carboxylic acids is 1. The molecule has 0 aliphatic heterocycles. The molecule has 0 aliphatic rings. The lowest BCUT2D eigenvalue weighted by atomic mass is 10.4. The van der Waals surface area contributed by atoms with Gasteiger partial charge in [0.2, 0.25) is 5.95 Å². The molecule has 90 valence electrons. The Morgan fingerprint density at radius 1 is 1.62 bits per heavy atom. The quantitative estimate of drug-likeness (QED) is 0.737. The van der Waals surface area contributed by atoms with Crippen LogP contribution in [0.3, 0.4) is 0 Å². The van der Waals surface area contributed by atoms with Crippen molar-refractivity contribution in [1.82, 2.24) is 14.8 Å². The summed E-state index contributed by atoms with van der Waals surface area (Å²) in [5.74, 6) is 0.289. The van der Waals surface area contributed by atoms with E-state index in [1.54, 1.807) is 16.3 Å². The minimum atomic E-state index is -0.879. The van der Waals surface area contributed by atoms with Crippen LogP contribution in [0.1, 0.15) is 13.0 Å². The van der Waals surface area contributed by atoms with Gasteiger partial charge in [0.25, 0.3) is 0 Å². The first-order valence-electron chi connectivity index (χ1n) is 4.60. The van der Waals surface area contributed by atoms with E-state index in [0.29, 0.717) is 11.1 Å². The highest BCUT2D eigenvalue weighted by Crippen LogP contribution is 2.24. The van der Waals surface area contributed by atoms with E-state index in [1.807, 2.05) is 13.2 Å². The largest absolute Gasteiger partial charge is 0.481 e. The Balaban J connectivity index is 2.80. The van der Waals surface area contributed by atoms with Crippen molar-refractivity contribution in [3.63, 3.8) is 0 Å². The lowest BCUT2D eigenvalue weighted by molar-refractivity contribution is -0.133. The number of hydrogen-bond acceptors (Lipinski definition) is 6. The van der Waals surface area contributed by atoms with E-state index in [4.69, 9.17) is 10.8 Å². The van der Waals surface area contributed by atoms with Crippen molar-refractivity contribution in [2.45, 2.75) is 18.1 Å². The maximum Gasteiger partial charge on any atom is 0.313 e. The van der Waals surface area contributed by atoms with Crippen LogP contribution in [0, 0.1) is 0 Å². The molecule has 0 radical (unpaired) electrons. The first-order chi connectivity index (χ1) is 7.56. The maximum absolute atomic E-state index is 10.5. The number of thioether (sulfide) groups is 2. The van der Waals surface area contributed by atoms with E-state index in [-0.39, 0.29) is 11.8 Å². The summed E-state index contributed by atoms with van der Waals surface area (Å²) in [5, 5.41) is 16.8. The number of nitrogens with two attached hydrogens (primary N) is 1. The van der Waals surface area contributed by atoms with Crippen molar-refractivity contribution < 1.29 is 9.90 Å². The topological polar surface area (TPSA) is 94.0 Å². The third-order valence-corrected chi connectivity index (χ3v) is 3.61. The number of anilines is 1. The van der Waals surface area contributed by atoms with E-state index in [0.717, 1.165) is 17.5 Å². The molecule has 1 unspecified atom stereocenters. The van der Waals surface area contributed by atoms with Crippen molar-refractivity contribution in [3.8, 4) is 0 Å². The van der Waals surface area contributed by atoms with Crippen LogP contribution in [-0.4, -0.2) is 43.6 Å². The number of nitrogen functional groups attached to an aromatic ring is 1. The highest BCUT2D eigenvalue weighted by atomic mass is 32.2. The highest BCUT2D eigenvalue weighted by Gasteiger charge is 2.16. The van der Waals surface area contributed by atoms with Gasteiger partial charge < -0.3 is 10.8 Å². The minimum Gasteiger partial charge on any atom is -0.481 e. The molecule has 16 heavy (non-hydrogen) atoms. The van der Waals surface area contributed by atoms with Crippen LogP contribution in [0.5, 0.6) is 0 Å². The third kappa shape index (κ3) is 3.31. The van der Waals surface area contributed by atoms with Gasteiger partial charge in [-0.1, -0.05) is 11.8 Å². The summed E-state index contributed by atoms with van der Waals surface area (Å²) < 4.78 is 1.77. The molecule has 1 aromatic rings. The predicted molar refractivity (Wildman–Crippen MR) is 65.9 cm³/mol. The lowest BCUT2D eigenvalue weighted by Crippen LogP contribution is -2.12. The number of carboxylic acids is 1. The van der Waals surface area contributed by atoms with Gasteiger partial charge in [-0.15, -0.1) is 10.2 Å². The van der Waals surface area contributed by atoms with Gasteiger partial charge >= 0.3 is 5.97 Å². The Morgan fingerprint density at radius 2 is 2.31 bits per heavy atom. The van der Waals surface area contributed by atoms with Crippen molar-refractivity contribution in [3.05, 3.63) is 0 Å². The van der Waals surface area contributed by atoms with Gasteiger partial charge in [0, 0.05) is 11.8 Å². The molecule has 6 nitrogen and oxygen atoms in total. The van der Waals surface area contributed by atoms with Crippen LogP contribution in [0.2, 0.25) is 0 Å².